The van der Waals surface area contributed by atoms with Gasteiger partial charge in [-0.15, -0.1) is 0 Å². The summed E-state index contributed by atoms with van der Waals surface area (Å²) in [6.07, 6.45) is 5.97. The van der Waals surface area contributed by atoms with Crippen LogP contribution in [-0.4, -0.2) is 18.0 Å². The van der Waals surface area contributed by atoms with Crippen molar-refractivity contribution in [1.29, 1.82) is 0 Å². The lowest BCUT2D eigenvalue weighted by Gasteiger charge is -2.29. The monoisotopic (exact) mass is 258 g/mol. The van der Waals surface area contributed by atoms with Crippen LogP contribution in [-0.2, 0) is 6.54 Å². The summed E-state index contributed by atoms with van der Waals surface area (Å²) in [5.41, 5.74) is 8.29. The predicted octanol–water partition coefficient (Wildman–Crippen LogP) is 3.53. The van der Waals surface area contributed by atoms with Crippen molar-refractivity contribution in [3.8, 4) is 0 Å². The summed E-state index contributed by atoms with van der Waals surface area (Å²) >= 11 is 0. The molecule has 0 aromatic heterocycles. The highest BCUT2D eigenvalue weighted by Crippen LogP contribution is 2.48. The van der Waals surface area contributed by atoms with E-state index < -0.39 is 0 Å². The Morgan fingerprint density at radius 3 is 2.68 bits per heavy atom. The molecule has 0 radical (unpaired) electrons. The molecule has 0 heterocycles. The molecule has 2 bridgehead atoms. The molecule has 2 nitrogen and oxygen atoms in total. The van der Waals surface area contributed by atoms with E-state index in [1.54, 1.807) is 0 Å². The van der Waals surface area contributed by atoms with Crippen molar-refractivity contribution in [2.75, 3.05) is 18.8 Å². The molecular weight excluding hydrogens is 232 g/mol. The van der Waals surface area contributed by atoms with E-state index in [2.05, 4.69) is 24.0 Å². The molecule has 3 rings (SSSR count). The van der Waals surface area contributed by atoms with Gasteiger partial charge in [0.25, 0.3) is 0 Å². The molecule has 0 spiro atoms. The minimum absolute atomic E-state index is 0.939. The first-order valence-electron chi connectivity index (χ1n) is 7.82. The van der Waals surface area contributed by atoms with Crippen molar-refractivity contribution >= 4 is 5.69 Å². The second kappa shape index (κ2) is 5.54. The molecule has 2 aliphatic rings. The fourth-order valence-corrected chi connectivity index (χ4v) is 4.16. The lowest BCUT2D eigenvalue weighted by Crippen LogP contribution is -2.31. The summed E-state index contributed by atoms with van der Waals surface area (Å²) in [5, 5.41) is 0. The molecule has 0 aliphatic heterocycles. The SMILES string of the molecule is CCN(Cc1ccccc1N)CC1CC2CCC1C2. The predicted molar refractivity (Wildman–Crippen MR) is 80.7 cm³/mol. The molecule has 2 N–H and O–H groups in total. The first-order valence-corrected chi connectivity index (χ1v) is 7.82. The Morgan fingerprint density at radius 2 is 2.05 bits per heavy atom. The third-order valence-electron chi connectivity index (χ3n) is 5.27. The third-order valence-corrected chi connectivity index (χ3v) is 5.27. The van der Waals surface area contributed by atoms with Crippen molar-refractivity contribution in [2.24, 2.45) is 17.8 Å². The van der Waals surface area contributed by atoms with Crippen LogP contribution in [0.5, 0.6) is 0 Å². The first kappa shape index (κ1) is 13.0. The molecule has 2 saturated carbocycles. The van der Waals surface area contributed by atoms with E-state index in [1.807, 2.05) is 12.1 Å². The van der Waals surface area contributed by atoms with Gasteiger partial charge < -0.3 is 5.73 Å². The summed E-state index contributed by atoms with van der Waals surface area (Å²) in [5.74, 6) is 3.02. The summed E-state index contributed by atoms with van der Waals surface area (Å²) in [6.45, 7) is 5.68. The van der Waals surface area contributed by atoms with Crippen molar-refractivity contribution in [1.82, 2.24) is 4.90 Å². The minimum Gasteiger partial charge on any atom is -0.398 e. The van der Waals surface area contributed by atoms with Crippen molar-refractivity contribution in [2.45, 2.75) is 39.2 Å². The van der Waals surface area contributed by atoms with Crippen LogP contribution in [0.15, 0.2) is 24.3 Å². The number of fused-ring (bicyclic) bond motifs is 2. The molecule has 0 amide bonds. The Balaban J connectivity index is 1.60. The topological polar surface area (TPSA) is 29.3 Å². The summed E-state index contributed by atoms with van der Waals surface area (Å²) in [7, 11) is 0. The van der Waals surface area contributed by atoms with Gasteiger partial charge in [-0.25, -0.2) is 0 Å². The molecule has 3 atom stereocenters. The number of para-hydroxylation sites is 1. The van der Waals surface area contributed by atoms with E-state index in [4.69, 9.17) is 5.73 Å². The number of hydrogen-bond acceptors (Lipinski definition) is 2. The summed E-state index contributed by atoms with van der Waals surface area (Å²) in [6, 6.07) is 8.29. The molecule has 19 heavy (non-hydrogen) atoms. The number of benzene rings is 1. The van der Waals surface area contributed by atoms with E-state index >= 15 is 0 Å². The second-order valence-corrected chi connectivity index (χ2v) is 6.46. The second-order valence-electron chi connectivity index (χ2n) is 6.46. The molecule has 104 valence electrons. The van der Waals surface area contributed by atoms with Gasteiger partial charge in [0.1, 0.15) is 0 Å². The van der Waals surface area contributed by atoms with Crippen LogP contribution in [0.25, 0.3) is 0 Å². The number of rotatable bonds is 5. The van der Waals surface area contributed by atoms with Gasteiger partial charge in [-0.1, -0.05) is 31.5 Å². The number of hydrogen-bond donors (Lipinski definition) is 1. The first-order chi connectivity index (χ1) is 9.26. The molecule has 1 aromatic carbocycles. The largest absolute Gasteiger partial charge is 0.398 e. The average Bonchev–Trinajstić information content (AvgIpc) is 3.02. The van der Waals surface area contributed by atoms with Crippen molar-refractivity contribution in [3.05, 3.63) is 29.8 Å². The Labute approximate surface area is 117 Å². The fraction of sp³-hybridized carbons (Fsp3) is 0.647. The number of nitrogens with two attached hydrogens (primary N) is 1. The van der Waals surface area contributed by atoms with E-state index in [9.17, 15) is 0 Å². The fourth-order valence-electron chi connectivity index (χ4n) is 4.16. The molecular formula is C17H26N2. The van der Waals surface area contributed by atoms with E-state index in [1.165, 1.54) is 37.8 Å². The van der Waals surface area contributed by atoms with Crippen molar-refractivity contribution < 1.29 is 0 Å². The van der Waals surface area contributed by atoms with Crippen LogP contribution >= 0.6 is 0 Å². The van der Waals surface area contributed by atoms with Crippen molar-refractivity contribution in [3.63, 3.8) is 0 Å². The van der Waals surface area contributed by atoms with Crippen LogP contribution in [0.2, 0.25) is 0 Å². The Morgan fingerprint density at radius 1 is 1.21 bits per heavy atom. The lowest BCUT2D eigenvalue weighted by molar-refractivity contribution is 0.191. The van der Waals surface area contributed by atoms with E-state index in [-0.39, 0.29) is 0 Å². The number of nitrogens with zero attached hydrogens (tertiary/aromatic N) is 1. The zero-order valence-electron chi connectivity index (χ0n) is 12.0. The maximum atomic E-state index is 6.07. The van der Waals surface area contributed by atoms with E-state index in [0.29, 0.717) is 0 Å². The third kappa shape index (κ3) is 2.79. The van der Waals surface area contributed by atoms with Gasteiger partial charge in [-0.05, 0) is 55.2 Å². The van der Waals surface area contributed by atoms with Gasteiger partial charge in [0.2, 0.25) is 0 Å². The highest BCUT2D eigenvalue weighted by atomic mass is 15.1. The lowest BCUT2D eigenvalue weighted by atomic mass is 9.88. The smallest absolute Gasteiger partial charge is 0.0359 e. The molecule has 0 saturated heterocycles. The van der Waals surface area contributed by atoms with E-state index in [0.717, 1.165) is 36.5 Å². The van der Waals surface area contributed by atoms with Crippen LogP contribution in [0, 0.1) is 17.8 Å². The molecule has 2 fully saturated rings. The van der Waals surface area contributed by atoms with Gasteiger partial charge in [-0.3, -0.25) is 4.90 Å². The maximum Gasteiger partial charge on any atom is 0.0359 e. The zero-order valence-corrected chi connectivity index (χ0v) is 12.0. The average molecular weight is 258 g/mol. The van der Waals surface area contributed by atoms with Gasteiger partial charge in [0.05, 0.1) is 0 Å². The Hall–Kier alpha value is -1.02. The maximum absolute atomic E-state index is 6.07. The Bertz CT molecular complexity index is 429. The molecule has 3 unspecified atom stereocenters. The van der Waals surface area contributed by atoms with Crippen LogP contribution < -0.4 is 5.73 Å². The highest BCUT2D eigenvalue weighted by Gasteiger charge is 2.39. The zero-order chi connectivity index (χ0) is 13.2. The molecule has 1 aromatic rings. The number of anilines is 1. The standard InChI is InChI=1S/C17H26N2/c1-2-19(11-15-5-3-4-6-17(15)18)12-16-10-13-7-8-14(16)9-13/h3-6,13-14,16H,2,7-12,18H2,1H3. The van der Waals surface area contributed by atoms with Crippen LogP contribution in [0.1, 0.15) is 38.2 Å². The van der Waals surface area contributed by atoms with Crippen LogP contribution in [0.3, 0.4) is 0 Å². The van der Waals surface area contributed by atoms with Crippen LogP contribution in [0.4, 0.5) is 5.69 Å². The Kier molecular flexibility index (Phi) is 3.79. The highest BCUT2D eigenvalue weighted by molar-refractivity contribution is 5.46. The van der Waals surface area contributed by atoms with Gasteiger partial charge >= 0.3 is 0 Å². The molecule has 2 heteroatoms. The normalized spacial score (nSPS) is 29.3. The van der Waals surface area contributed by atoms with Gasteiger partial charge in [0, 0.05) is 18.8 Å². The molecule has 2 aliphatic carbocycles. The minimum atomic E-state index is 0.939. The number of nitrogen functional groups attached to an aromatic ring is 1. The van der Waals surface area contributed by atoms with Gasteiger partial charge in [0.15, 0.2) is 0 Å². The summed E-state index contributed by atoms with van der Waals surface area (Å²) < 4.78 is 0. The quantitative estimate of drug-likeness (QED) is 0.819. The summed E-state index contributed by atoms with van der Waals surface area (Å²) in [4.78, 5) is 2.58. The van der Waals surface area contributed by atoms with Gasteiger partial charge in [-0.2, -0.15) is 0 Å².